The van der Waals surface area contributed by atoms with E-state index >= 15 is 0 Å². The molecule has 0 aromatic heterocycles. The van der Waals surface area contributed by atoms with E-state index in [-0.39, 0.29) is 0 Å². The molecule has 0 aromatic carbocycles. The summed E-state index contributed by atoms with van der Waals surface area (Å²) in [6.45, 7) is 6.65. The molecule has 5 nitrogen and oxygen atoms in total. The van der Waals surface area contributed by atoms with Crippen molar-refractivity contribution in [2.75, 3.05) is 0 Å². The second-order valence-corrected chi connectivity index (χ2v) is 4.07. The molecule has 13 heavy (non-hydrogen) atoms. The Labute approximate surface area is 77.4 Å². The van der Waals surface area contributed by atoms with Crippen molar-refractivity contribution in [1.29, 1.82) is 0 Å². The van der Waals surface area contributed by atoms with Crippen LogP contribution < -0.4 is 11.5 Å². The highest BCUT2D eigenvalue weighted by Crippen LogP contribution is 2.33. The van der Waals surface area contributed by atoms with Gasteiger partial charge in [-0.25, -0.2) is 4.79 Å². The third-order valence-corrected chi connectivity index (χ3v) is 2.21. The van der Waals surface area contributed by atoms with Crippen LogP contribution in [0.5, 0.6) is 0 Å². The van der Waals surface area contributed by atoms with Crippen LogP contribution in [0.2, 0.25) is 0 Å². The Balaban J connectivity index is 4.96. The van der Waals surface area contributed by atoms with Gasteiger partial charge in [0.1, 0.15) is 0 Å². The SMILES string of the molecule is CC(C)(C)C(C)(OC(N)=O)C(N)=O. The van der Waals surface area contributed by atoms with E-state index in [9.17, 15) is 9.59 Å². The van der Waals surface area contributed by atoms with E-state index < -0.39 is 23.0 Å². The van der Waals surface area contributed by atoms with Crippen molar-refractivity contribution >= 4 is 12.0 Å². The minimum Gasteiger partial charge on any atom is -0.433 e. The van der Waals surface area contributed by atoms with Gasteiger partial charge in [0, 0.05) is 5.41 Å². The number of carbonyl (C=O) groups is 2. The molecule has 5 heteroatoms. The summed E-state index contributed by atoms with van der Waals surface area (Å²) in [5.41, 5.74) is 8.01. The standard InChI is InChI=1S/C8H16N2O3/c1-7(2,3)8(4,5(9)11)13-6(10)12/h1-4H3,(H2,9,11)(H2,10,12). The second kappa shape index (κ2) is 3.24. The number of amides is 2. The van der Waals surface area contributed by atoms with Gasteiger partial charge < -0.3 is 16.2 Å². The van der Waals surface area contributed by atoms with Gasteiger partial charge in [0.15, 0.2) is 5.60 Å². The summed E-state index contributed by atoms with van der Waals surface area (Å²) in [4.78, 5) is 21.7. The highest BCUT2D eigenvalue weighted by molar-refractivity contribution is 5.86. The number of primary amides is 2. The molecular formula is C8H16N2O3. The van der Waals surface area contributed by atoms with Gasteiger partial charge in [0.25, 0.3) is 5.91 Å². The number of carbonyl (C=O) groups excluding carboxylic acids is 2. The zero-order valence-corrected chi connectivity index (χ0v) is 8.38. The van der Waals surface area contributed by atoms with E-state index in [4.69, 9.17) is 16.2 Å². The molecule has 0 aromatic rings. The zero-order valence-electron chi connectivity index (χ0n) is 8.38. The van der Waals surface area contributed by atoms with E-state index in [1.54, 1.807) is 20.8 Å². The first kappa shape index (κ1) is 11.7. The van der Waals surface area contributed by atoms with E-state index in [2.05, 4.69) is 0 Å². The molecule has 0 rings (SSSR count). The van der Waals surface area contributed by atoms with Crippen molar-refractivity contribution < 1.29 is 14.3 Å². The van der Waals surface area contributed by atoms with Crippen LogP contribution in [0.4, 0.5) is 4.79 Å². The van der Waals surface area contributed by atoms with Crippen LogP contribution in [0.15, 0.2) is 0 Å². The van der Waals surface area contributed by atoms with Crippen molar-refractivity contribution in [3.8, 4) is 0 Å². The fourth-order valence-corrected chi connectivity index (χ4v) is 0.774. The molecule has 0 saturated heterocycles. The third-order valence-electron chi connectivity index (χ3n) is 2.21. The Morgan fingerprint density at radius 1 is 1.08 bits per heavy atom. The van der Waals surface area contributed by atoms with Crippen molar-refractivity contribution in [1.82, 2.24) is 0 Å². The van der Waals surface area contributed by atoms with Gasteiger partial charge in [0.05, 0.1) is 0 Å². The Morgan fingerprint density at radius 3 is 1.54 bits per heavy atom. The van der Waals surface area contributed by atoms with Gasteiger partial charge in [-0.05, 0) is 6.92 Å². The molecule has 0 spiro atoms. The maximum Gasteiger partial charge on any atom is 0.405 e. The normalized spacial score (nSPS) is 16.0. The maximum absolute atomic E-state index is 11.1. The van der Waals surface area contributed by atoms with Gasteiger partial charge >= 0.3 is 6.09 Å². The summed E-state index contributed by atoms with van der Waals surface area (Å²) in [5.74, 6) is -0.709. The summed E-state index contributed by atoms with van der Waals surface area (Å²) in [6.07, 6.45) is -1.00. The van der Waals surface area contributed by atoms with E-state index in [0.717, 1.165) is 0 Å². The van der Waals surface area contributed by atoms with Crippen LogP contribution in [0, 0.1) is 5.41 Å². The minimum absolute atomic E-state index is 0.589. The minimum atomic E-state index is -1.38. The lowest BCUT2D eigenvalue weighted by molar-refractivity contribution is -0.145. The zero-order chi connectivity index (χ0) is 10.9. The second-order valence-electron chi connectivity index (χ2n) is 4.07. The number of nitrogens with two attached hydrogens (primary N) is 2. The average Bonchev–Trinajstić information content (AvgIpc) is 1.82. The monoisotopic (exact) mass is 188 g/mol. The average molecular weight is 188 g/mol. The number of hydrogen-bond acceptors (Lipinski definition) is 3. The third kappa shape index (κ3) is 2.34. The molecule has 0 radical (unpaired) electrons. The predicted octanol–water partition coefficient (Wildman–Crippen LogP) is 0.372. The molecule has 0 aliphatic rings. The first-order valence-electron chi connectivity index (χ1n) is 3.89. The molecule has 0 heterocycles. The highest BCUT2D eigenvalue weighted by atomic mass is 16.6. The van der Waals surface area contributed by atoms with Crippen LogP contribution in [-0.4, -0.2) is 17.6 Å². The Kier molecular flexibility index (Phi) is 2.92. The first-order chi connectivity index (χ1) is 5.61. The molecule has 4 N–H and O–H groups in total. The number of hydrogen-bond donors (Lipinski definition) is 2. The lowest BCUT2D eigenvalue weighted by atomic mass is 9.77. The molecule has 0 fully saturated rings. The molecule has 0 aliphatic carbocycles. The molecule has 0 bridgehead atoms. The van der Waals surface area contributed by atoms with E-state index in [1.165, 1.54) is 6.92 Å². The summed E-state index contributed by atoms with van der Waals surface area (Å²) in [7, 11) is 0. The van der Waals surface area contributed by atoms with Crippen molar-refractivity contribution in [3.05, 3.63) is 0 Å². The molecule has 2 amide bonds. The van der Waals surface area contributed by atoms with Crippen LogP contribution in [-0.2, 0) is 9.53 Å². The summed E-state index contributed by atoms with van der Waals surface area (Å²) >= 11 is 0. The Hall–Kier alpha value is -1.26. The lowest BCUT2D eigenvalue weighted by Crippen LogP contribution is -2.55. The molecule has 0 aliphatic heterocycles. The van der Waals surface area contributed by atoms with Crippen molar-refractivity contribution in [3.63, 3.8) is 0 Å². The van der Waals surface area contributed by atoms with Gasteiger partial charge in [-0.1, -0.05) is 20.8 Å². The Bertz CT molecular complexity index is 232. The van der Waals surface area contributed by atoms with Crippen molar-refractivity contribution in [2.24, 2.45) is 16.9 Å². The van der Waals surface area contributed by atoms with Gasteiger partial charge in [-0.15, -0.1) is 0 Å². The number of ether oxygens (including phenoxy) is 1. The van der Waals surface area contributed by atoms with Gasteiger partial charge in [-0.2, -0.15) is 0 Å². The van der Waals surface area contributed by atoms with Crippen LogP contribution >= 0.6 is 0 Å². The highest BCUT2D eigenvalue weighted by Gasteiger charge is 2.46. The smallest absolute Gasteiger partial charge is 0.405 e. The Morgan fingerprint density at radius 2 is 1.46 bits per heavy atom. The number of rotatable bonds is 2. The fourth-order valence-electron chi connectivity index (χ4n) is 0.774. The first-order valence-corrected chi connectivity index (χ1v) is 3.89. The lowest BCUT2D eigenvalue weighted by Gasteiger charge is -2.37. The van der Waals surface area contributed by atoms with Gasteiger partial charge in [0.2, 0.25) is 0 Å². The quantitative estimate of drug-likeness (QED) is 0.655. The predicted molar refractivity (Wildman–Crippen MR) is 47.7 cm³/mol. The van der Waals surface area contributed by atoms with E-state index in [1.807, 2.05) is 0 Å². The maximum atomic E-state index is 11.1. The molecule has 1 atom stereocenters. The van der Waals surface area contributed by atoms with Gasteiger partial charge in [-0.3, -0.25) is 4.79 Å². The van der Waals surface area contributed by atoms with Crippen LogP contribution in [0.25, 0.3) is 0 Å². The summed E-state index contributed by atoms with van der Waals surface area (Å²) in [5, 5.41) is 0. The van der Waals surface area contributed by atoms with Crippen LogP contribution in [0.1, 0.15) is 27.7 Å². The topological polar surface area (TPSA) is 95.4 Å². The fraction of sp³-hybridized carbons (Fsp3) is 0.750. The molecule has 76 valence electrons. The molecular weight excluding hydrogens is 172 g/mol. The largest absolute Gasteiger partial charge is 0.433 e. The molecule has 1 unspecified atom stereocenters. The summed E-state index contributed by atoms with van der Waals surface area (Å²) in [6, 6.07) is 0. The van der Waals surface area contributed by atoms with Crippen molar-refractivity contribution in [2.45, 2.75) is 33.3 Å². The molecule has 0 saturated carbocycles. The van der Waals surface area contributed by atoms with Crippen LogP contribution in [0.3, 0.4) is 0 Å². The van der Waals surface area contributed by atoms with E-state index in [0.29, 0.717) is 0 Å². The summed E-state index contributed by atoms with van der Waals surface area (Å²) < 4.78 is 4.73.